The van der Waals surface area contributed by atoms with Gasteiger partial charge in [0.15, 0.2) is 11.6 Å². The summed E-state index contributed by atoms with van der Waals surface area (Å²) in [6, 6.07) is 2.67. The van der Waals surface area contributed by atoms with Crippen LogP contribution in [0.3, 0.4) is 0 Å². The van der Waals surface area contributed by atoms with E-state index in [1.165, 1.54) is 18.5 Å². The molecule has 116 valence electrons. The van der Waals surface area contributed by atoms with Crippen LogP contribution in [0, 0.1) is 0 Å². The molecular formula is C16H14N4O3. The molecule has 7 heteroatoms. The van der Waals surface area contributed by atoms with E-state index in [1.54, 1.807) is 18.2 Å². The van der Waals surface area contributed by atoms with Crippen LogP contribution >= 0.6 is 0 Å². The predicted octanol–water partition coefficient (Wildman–Crippen LogP) is 1.90. The minimum Gasteiger partial charge on any atom is -0.493 e. The number of nitrogens with zero attached hydrogens (tertiary/aromatic N) is 4. The molecule has 1 aliphatic rings. The minimum atomic E-state index is -0.327. The van der Waals surface area contributed by atoms with E-state index in [-0.39, 0.29) is 17.7 Å². The molecule has 0 spiro atoms. The van der Waals surface area contributed by atoms with Crippen molar-refractivity contribution in [3.8, 4) is 11.9 Å². The van der Waals surface area contributed by atoms with Gasteiger partial charge >= 0.3 is 6.01 Å². The van der Waals surface area contributed by atoms with Gasteiger partial charge in [-0.15, -0.1) is 0 Å². The van der Waals surface area contributed by atoms with E-state index in [0.29, 0.717) is 35.5 Å². The van der Waals surface area contributed by atoms with Gasteiger partial charge in [-0.25, -0.2) is 9.97 Å². The summed E-state index contributed by atoms with van der Waals surface area (Å²) in [5.41, 5.74) is 1.68. The number of rotatable bonds is 2. The van der Waals surface area contributed by atoms with Gasteiger partial charge in [-0.1, -0.05) is 0 Å². The first-order chi connectivity index (χ1) is 11.1. The lowest BCUT2D eigenvalue weighted by Gasteiger charge is -2.16. The second kappa shape index (κ2) is 6.35. The summed E-state index contributed by atoms with van der Waals surface area (Å²) in [6.45, 7) is 0. The van der Waals surface area contributed by atoms with Crippen molar-refractivity contribution >= 4 is 17.9 Å². The van der Waals surface area contributed by atoms with Gasteiger partial charge in [0.05, 0.1) is 5.69 Å². The maximum atomic E-state index is 12.5. The molecular weight excluding hydrogens is 296 g/mol. The Morgan fingerprint density at radius 3 is 2.43 bits per heavy atom. The highest BCUT2D eigenvalue weighted by Gasteiger charge is 2.21. The topological polar surface area (TPSA) is 109 Å². The lowest BCUT2D eigenvalue weighted by Crippen LogP contribution is -2.12. The first-order valence-electron chi connectivity index (χ1n) is 7.12. The van der Waals surface area contributed by atoms with Crippen LogP contribution in [0.4, 0.5) is 0 Å². The molecule has 1 fully saturated rings. The van der Waals surface area contributed by atoms with Crippen molar-refractivity contribution in [3.63, 3.8) is 0 Å². The summed E-state index contributed by atoms with van der Waals surface area (Å²) in [7, 11) is 0. The van der Waals surface area contributed by atoms with Gasteiger partial charge in [-0.05, 0) is 37.5 Å². The number of aromatic hydroxyl groups is 2. The summed E-state index contributed by atoms with van der Waals surface area (Å²) < 4.78 is 0. The number of carbonyl (C=O) groups excluding carboxylic acids is 1. The Morgan fingerprint density at radius 2 is 1.70 bits per heavy atom. The average molecular weight is 310 g/mol. The summed E-state index contributed by atoms with van der Waals surface area (Å²) in [5, 5.41) is 18.7. The maximum absolute atomic E-state index is 12.5. The Balaban J connectivity index is 1.89. The molecule has 0 unspecified atom stereocenters. The molecule has 2 aromatic rings. The molecule has 2 aromatic heterocycles. The van der Waals surface area contributed by atoms with Gasteiger partial charge in [0.2, 0.25) is 5.88 Å². The SMILES string of the molecule is O=C1/C(=C/c2ccnc(O)n2)CCC/C1=C\c1nccc(O)n1. The number of carbonyl (C=O) groups is 1. The molecule has 0 bridgehead atoms. The first-order valence-corrected chi connectivity index (χ1v) is 7.12. The highest BCUT2D eigenvalue weighted by Crippen LogP contribution is 2.27. The van der Waals surface area contributed by atoms with Crippen LogP contribution in [-0.4, -0.2) is 35.9 Å². The summed E-state index contributed by atoms with van der Waals surface area (Å²) in [4.78, 5) is 27.9. The Labute approximate surface area is 132 Å². The number of ketones is 1. The van der Waals surface area contributed by atoms with Gasteiger partial charge in [0.1, 0.15) is 0 Å². The van der Waals surface area contributed by atoms with Gasteiger partial charge < -0.3 is 10.2 Å². The number of allylic oxidation sites excluding steroid dienone is 2. The van der Waals surface area contributed by atoms with Crippen LogP contribution < -0.4 is 0 Å². The van der Waals surface area contributed by atoms with E-state index in [0.717, 1.165) is 6.42 Å². The molecule has 0 saturated heterocycles. The van der Waals surface area contributed by atoms with E-state index in [1.807, 2.05) is 0 Å². The molecule has 2 N–H and O–H groups in total. The highest BCUT2D eigenvalue weighted by molar-refractivity contribution is 6.13. The molecule has 1 aliphatic carbocycles. The lowest BCUT2D eigenvalue weighted by molar-refractivity contribution is -0.112. The Kier molecular flexibility index (Phi) is 4.09. The highest BCUT2D eigenvalue weighted by atomic mass is 16.3. The molecule has 23 heavy (non-hydrogen) atoms. The molecule has 3 rings (SSSR count). The summed E-state index contributed by atoms with van der Waals surface area (Å²) in [6.07, 6.45) is 8.19. The van der Waals surface area contributed by atoms with Crippen molar-refractivity contribution in [1.29, 1.82) is 0 Å². The second-order valence-corrected chi connectivity index (χ2v) is 5.08. The van der Waals surface area contributed by atoms with Crippen LogP contribution in [0.1, 0.15) is 30.8 Å². The molecule has 0 radical (unpaired) electrons. The van der Waals surface area contributed by atoms with Crippen LogP contribution in [0.5, 0.6) is 11.9 Å². The number of hydrogen-bond donors (Lipinski definition) is 2. The maximum Gasteiger partial charge on any atom is 0.314 e. The summed E-state index contributed by atoms with van der Waals surface area (Å²) >= 11 is 0. The third-order valence-corrected chi connectivity index (χ3v) is 3.42. The Hall–Kier alpha value is -3.09. The van der Waals surface area contributed by atoms with E-state index < -0.39 is 0 Å². The molecule has 2 heterocycles. The van der Waals surface area contributed by atoms with Gasteiger partial charge in [0, 0.05) is 29.6 Å². The third-order valence-electron chi connectivity index (χ3n) is 3.42. The number of hydrogen-bond acceptors (Lipinski definition) is 7. The smallest absolute Gasteiger partial charge is 0.314 e. The molecule has 0 aromatic carbocycles. The van der Waals surface area contributed by atoms with Gasteiger partial charge in [-0.3, -0.25) is 4.79 Å². The van der Waals surface area contributed by atoms with Gasteiger partial charge in [0.25, 0.3) is 0 Å². The first kappa shape index (κ1) is 14.8. The third kappa shape index (κ3) is 3.57. The van der Waals surface area contributed by atoms with E-state index >= 15 is 0 Å². The van der Waals surface area contributed by atoms with Crippen molar-refractivity contribution in [2.75, 3.05) is 0 Å². The molecule has 0 amide bonds. The van der Waals surface area contributed by atoms with Crippen LogP contribution in [0.25, 0.3) is 12.2 Å². The fourth-order valence-electron chi connectivity index (χ4n) is 2.39. The standard InChI is InChI=1S/C16H14N4O3/c21-14-5-7-17-13(20-14)9-11-3-1-2-10(15(11)22)8-12-4-6-18-16(23)19-12/h4-9H,1-3H2,(H,17,20,21)(H,18,19,23)/b10-8+,11-9+. The van der Waals surface area contributed by atoms with Crippen molar-refractivity contribution in [2.45, 2.75) is 19.3 Å². The number of Topliss-reactive ketones (excluding diaryl/α,β-unsaturated/α-hetero) is 1. The van der Waals surface area contributed by atoms with Crippen LogP contribution in [0.2, 0.25) is 0 Å². The van der Waals surface area contributed by atoms with Crippen LogP contribution in [-0.2, 0) is 4.79 Å². The van der Waals surface area contributed by atoms with Crippen molar-refractivity contribution in [3.05, 3.63) is 47.2 Å². The van der Waals surface area contributed by atoms with E-state index in [9.17, 15) is 15.0 Å². The monoisotopic (exact) mass is 310 g/mol. The second-order valence-electron chi connectivity index (χ2n) is 5.08. The molecule has 1 saturated carbocycles. The minimum absolute atomic E-state index is 0.0960. The predicted molar refractivity (Wildman–Crippen MR) is 82.2 cm³/mol. The Morgan fingerprint density at radius 1 is 0.957 bits per heavy atom. The Bertz CT molecular complexity index is 749. The zero-order valence-corrected chi connectivity index (χ0v) is 12.2. The fourth-order valence-corrected chi connectivity index (χ4v) is 2.39. The zero-order valence-electron chi connectivity index (χ0n) is 12.2. The quantitative estimate of drug-likeness (QED) is 0.815. The number of aromatic nitrogens is 4. The van der Waals surface area contributed by atoms with Crippen molar-refractivity contribution < 1.29 is 15.0 Å². The normalized spacial score (nSPS) is 18.5. The average Bonchev–Trinajstić information content (AvgIpc) is 2.51. The lowest BCUT2D eigenvalue weighted by atomic mass is 9.88. The van der Waals surface area contributed by atoms with Gasteiger partial charge in [-0.2, -0.15) is 9.97 Å². The molecule has 0 atom stereocenters. The van der Waals surface area contributed by atoms with E-state index in [4.69, 9.17) is 0 Å². The summed E-state index contributed by atoms with van der Waals surface area (Å²) in [5.74, 6) is 0.0675. The molecule has 7 nitrogen and oxygen atoms in total. The van der Waals surface area contributed by atoms with Crippen molar-refractivity contribution in [2.24, 2.45) is 0 Å². The van der Waals surface area contributed by atoms with E-state index in [2.05, 4.69) is 19.9 Å². The molecule has 0 aliphatic heterocycles. The zero-order chi connectivity index (χ0) is 16.2. The largest absolute Gasteiger partial charge is 0.493 e. The fraction of sp³-hybridized carbons (Fsp3) is 0.188. The van der Waals surface area contributed by atoms with Crippen LogP contribution in [0.15, 0.2) is 35.7 Å². The van der Waals surface area contributed by atoms with Crippen molar-refractivity contribution in [1.82, 2.24) is 19.9 Å².